The minimum atomic E-state index is -0.972. The number of hydrogen-bond donors (Lipinski definition) is 1. The zero-order valence-electron chi connectivity index (χ0n) is 22.9. The van der Waals surface area contributed by atoms with E-state index in [0.29, 0.717) is 18.9 Å². The Morgan fingerprint density at radius 3 is 2.34 bits per heavy atom. The molecule has 1 saturated heterocycles. The highest BCUT2D eigenvalue weighted by molar-refractivity contribution is 5.74. The third-order valence-electron chi connectivity index (χ3n) is 6.73. The number of benzene rings is 2. The molecule has 1 aliphatic rings. The number of anilines is 1. The van der Waals surface area contributed by atoms with Crippen molar-refractivity contribution in [3.63, 3.8) is 0 Å². The third-order valence-corrected chi connectivity index (χ3v) is 6.73. The Balaban J connectivity index is 1.85. The summed E-state index contributed by atoms with van der Waals surface area (Å²) in [5.74, 6) is -3.64. The van der Waals surface area contributed by atoms with Crippen molar-refractivity contribution in [3.05, 3.63) is 97.4 Å². The predicted molar refractivity (Wildman–Crippen MR) is 145 cm³/mol. The number of nitrogens with zero attached hydrogens (tertiary/aromatic N) is 4. The van der Waals surface area contributed by atoms with Crippen LogP contribution < -0.4 is 21.9 Å². The summed E-state index contributed by atoms with van der Waals surface area (Å²) in [6.45, 7) is 4.69. The number of ether oxygens (including phenoxy) is 1. The molecule has 0 radical (unpaired) electrons. The van der Waals surface area contributed by atoms with Crippen molar-refractivity contribution < 1.29 is 22.7 Å². The van der Waals surface area contributed by atoms with Gasteiger partial charge in [0.05, 0.1) is 36.8 Å². The maximum Gasteiger partial charge on any atom is 0.333 e. The van der Waals surface area contributed by atoms with Crippen LogP contribution in [-0.2, 0) is 22.6 Å². The lowest BCUT2D eigenvalue weighted by Gasteiger charge is -2.40. The molecular formula is C29H30F3N5O4. The van der Waals surface area contributed by atoms with Gasteiger partial charge in [0.15, 0.2) is 0 Å². The largest absolute Gasteiger partial charge is 0.460 e. The van der Waals surface area contributed by atoms with Crippen LogP contribution in [0.25, 0.3) is 0 Å². The lowest BCUT2D eigenvalue weighted by atomic mass is 9.94. The molecule has 12 heteroatoms. The first-order valence-electron chi connectivity index (χ1n) is 13.0. The van der Waals surface area contributed by atoms with E-state index in [4.69, 9.17) is 10.5 Å². The molecule has 2 aromatic carbocycles. The minimum absolute atomic E-state index is 0.0316. The van der Waals surface area contributed by atoms with Crippen LogP contribution in [-0.4, -0.2) is 33.4 Å². The van der Waals surface area contributed by atoms with E-state index < -0.39 is 58.9 Å². The van der Waals surface area contributed by atoms with Gasteiger partial charge < -0.3 is 15.4 Å². The predicted octanol–water partition coefficient (Wildman–Crippen LogP) is 3.24. The van der Waals surface area contributed by atoms with Gasteiger partial charge >= 0.3 is 11.7 Å². The zero-order valence-corrected chi connectivity index (χ0v) is 22.9. The molecule has 4 rings (SSSR count). The van der Waals surface area contributed by atoms with Crippen molar-refractivity contribution in [2.75, 3.05) is 11.4 Å². The lowest BCUT2D eigenvalue weighted by molar-refractivity contribution is -0.161. The fraction of sp³-hybridized carbons (Fsp3) is 0.379. The van der Waals surface area contributed by atoms with E-state index >= 15 is 0 Å². The second kappa shape index (κ2) is 11.6. The van der Waals surface area contributed by atoms with Gasteiger partial charge in [-0.05, 0) is 75.1 Å². The summed E-state index contributed by atoms with van der Waals surface area (Å²) in [5, 5.41) is 9.58. The van der Waals surface area contributed by atoms with E-state index in [2.05, 4.69) is 0 Å². The Kier molecular flexibility index (Phi) is 8.39. The second-order valence-electron chi connectivity index (χ2n) is 11.0. The molecule has 1 aliphatic heterocycles. The van der Waals surface area contributed by atoms with E-state index in [1.165, 1.54) is 6.07 Å². The molecule has 41 heavy (non-hydrogen) atoms. The fourth-order valence-electron chi connectivity index (χ4n) is 4.91. The first-order valence-corrected chi connectivity index (χ1v) is 13.0. The molecule has 216 valence electrons. The highest BCUT2D eigenvalue weighted by Gasteiger charge is 2.38. The Morgan fingerprint density at radius 2 is 1.71 bits per heavy atom. The Hall–Kier alpha value is -4.37. The van der Waals surface area contributed by atoms with Crippen LogP contribution in [0.4, 0.5) is 19.0 Å². The highest BCUT2D eigenvalue weighted by atomic mass is 19.1. The van der Waals surface area contributed by atoms with Crippen LogP contribution in [0.15, 0.2) is 52.1 Å². The third kappa shape index (κ3) is 6.69. The number of aromatic nitrogens is 2. The van der Waals surface area contributed by atoms with Gasteiger partial charge in [-0.3, -0.25) is 18.7 Å². The molecule has 0 amide bonds. The monoisotopic (exact) mass is 569 g/mol. The molecular weight excluding hydrogens is 539 g/mol. The van der Waals surface area contributed by atoms with Crippen molar-refractivity contribution in [1.82, 2.24) is 9.13 Å². The molecule has 9 nitrogen and oxygen atoms in total. The maximum atomic E-state index is 14.2. The van der Waals surface area contributed by atoms with Gasteiger partial charge in [0.1, 0.15) is 28.9 Å². The van der Waals surface area contributed by atoms with Crippen LogP contribution in [0, 0.1) is 34.7 Å². The molecule has 3 aromatic rings. The fourth-order valence-corrected chi connectivity index (χ4v) is 4.91. The van der Waals surface area contributed by atoms with Crippen LogP contribution in [0.2, 0.25) is 0 Å². The molecule has 0 saturated carbocycles. The van der Waals surface area contributed by atoms with Gasteiger partial charge in [0, 0.05) is 18.7 Å². The number of rotatable bonds is 6. The molecule has 0 bridgehead atoms. The summed E-state index contributed by atoms with van der Waals surface area (Å²) in [5.41, 5.74) is 4.39. The summed E-state index contributed by atoms with van der Waals surface area (Å²) < 4.78 is 49.3. The Bertz CT molecular complexity index is 1620. The quantitative estimate of drug-likeness (QED) is 0.452. The molecule has 0 aliphatic carbocycles. The van der Waals surface area contributed by atoms with Crippen molar-refractivity contribution in [2.45, 2.75) is 58.5 Å². The first-order chi connectivity index (χ1) is 19.3. The zero-order chi connectivity index (χ0) is 30.1. The topological polar surface area (TPSA) is 123 Å². The van der Waals surface area contributed by atoms with E-state index in [9.17, 15) is 32.8 Å². The van der Waals surface area contributed by atoms with E-state index in [-0.39, 0.29) is 35.6 Å². The summed E-state index contributed by atoms with van der Waals surface area (Å²) in [6.07, 6.45) is -0.0673. The van der Waals surface area contributed by atoms with Crippen molar-refractivity contribution in [3.8, 4) is 6.07 Å². The standard InChI is InChI=1S/C29H30F3N5O4/c1-29(2,3)41-27(39)23-5-4-8-35(26(23)34)24-13-25(38)37(15-17-9-21(31)12-22(32)10-17)28(40)36(24)16-19-11-20(30)7-6-18(19)14-33/h6-7,9-13,23,26H,4-5,8,15-16,34H2,1-3H3/t23-,26?/m1/s1. The minimum Gasteiger partial charge on any atom is -0.460 e. The first kappa shape index (κ1) is 29.6. The van der Waals surface area contributed by atoms with E-state index in [1.807, 2.05) is 6.07 Å². The molecule has 2 heterocycles. The van der Waals surface area contributed by atoms with Gasteiger partial charge in [0.25, 0.3) is 5.56 Å². The normalized spacial score (nSPS) is 17.3. The number of nitriles is 1. The van der Waals surface area contributed by atoms with Crippen LogP contribution in [0.5, 0.6) is 0 Å². The SMILES string of the molecule is CC(C)(C)OC(=O)[C@@H]1CCCN(c2cc(=O)n(Cc3cc(F)cc(F)c3)c(=O)n2Cc2cc(F)ccc2C#N)C1N. The Morgan fingerprint density at radius 1 is 1.02 bits per heavy atom. The van der Waals surface area contributed by atoms with Gasteiger partial charge in [-0.1, -0.05) is 0 Å². The van der Waals surface area contributed by atoms with E-state index in [1.54, 1.807) is 25.7 Å². The van der Waals surface area contributed by atoms with Crippen LogP contribution >= 0.6 is 0 Å². The number of carbonyl (C=O) groups is 1. The van der Waals surface area contributed by atoms with Gasteiger partial charge in [-0.25, -0.2) is 18.0 Å². The summed E-state index contributed by atoms with van der Waals surface area (Å²) in [4.78, 5) is 41.6. The van der Waals surface area contributed by atoms with Gasteiger partial charge in [-0.2, -0.15) is 5.26 Å². The number of esters is 1. The second-order valence-corrected chi connectivity index (χ2v) is 11.0. The highest BCUT2D eigenvalue weighted by Crippen LogP contribution is 2.28. The van der Waals surface area contributed by atoms with Gasteiger partial charge in [0.2, 0.25) is 0 Å². The number of halogens is 3. The smallest absolute Gasteiger partial charge is 0.333 e. The Labute approximate surface area is 234 Å². The molecule has 2 N–H and O–H groups in total. The molecule has 1 fully saturated rings. The average molecular weight is 570 g/mol. The summed E-state index contributed by atoms with van der Waals surface area (Å²) in [7, 11) is 0. The van der Waals surface area contributed by atoms with E-state index in [0.717, 1.165) is 39.5 Å². The molecule has 2 atom stereocenters. The maximum absolute atomic E-state index is 14.2. The molecule has 1 unspecified atom stereocenters. The van der Waals surface area contributed by atoms with Crippen LogP contribution in [0.3, 0.4) is 0 Å². The molecule has 0 spiro atoms. The average Bonchev–Trinajstić information content (AvgIpc) is 2.87. The van der Waals surface area contributed by atoms with Crippen molar-refractivity contribution >= 4 is 11.8 Å². The van der Waals surface area contributed by atoms with Crippen LogP contribution in [0.1, 0.15) is 50.3 Å². The van der Waals surface area contributed by atoms with Crippen molar-refractivity contribution in [1.29, 1.82) is 5.26 Å². The lowest BCUT2D eigenvalue weighted by Crippen LogP contribution is -2.56. The number of hydrogen-bond acceptors (Lipinski definition) is 7. The molecule has 1 aromatic heterocycles. The van der Waals surface area contributed by atoms with Gasteiger partial charge in [-0.15, -0.1) is 0 Å². The number of nitrogens with two attached hydrogens (primary N) is 1. The summed E-state index contributed by atoms with van der Waals surface area (Å²) >= 11 is 0. The van der Waals surface area contributed by atoms with Crippen molar-refractivity contribution in [2.24, 2.45) is 11.7 Å². The number of carbonyl (C=O) groups excluding carboxylic acids is 1. The number of piperidine rings is 1. The summed E-state index contributed by atoms with van der Waals surface area (Å²) in [6, 6.07) is 9.24.